The Hall–Kier alpha value is 1.49. The summed E-state index contributed by atoms with van der Waals surface area (Å²) in [6, 6.07) is 0. The second-order valence-electron chi connectivity index (χ2n) is 2.50. The molecule has 0 unspecified atom stereocenters. The van der Waals surface area contributed by atoms with Gasteiger partial charge in [0.05, 0.1) is 0 Å². The zero-order chi connectivity index (χ0) is 6.36. The van der Waals surface area contributed by atoms with Gasteiger partial charge >= 0.3 is 58.4 Å². The monoisotopic (exact) mass is 162 g/mol. The summed E-state index contributed by atoms with van der Waals surface area (Å²) in [7, 11) is 0. The first-order valence-electron chi connectivity index (χ1n) is 2.72. The molecule has 5 heteroatoms. The molecule has 1 aliphatic rings. The fraction of sp³-hybridized carbons (Fsp3) is 1.00. The van der Waals surface area contributed by atoms with E-state index in [1.165, 1.54) is 0 Å². The van der Waals surface area contributed by atoms with E-state index in [1.54, 1.807) is 6.92 Å². The fourth-order valence-electron chi connectivity index (χ4n) is 0.878. The van der Waals surface area contributed by atoms with Crippen LogP contribution in [0.3, 0.4) is 0 Å². The molecule has 0 aromatic rings. The van der Waals surface area contributed by atoms with Crippen LogP contribution in [0.5, 0.6) is 0 Å². The van der Waals surface area contributed by atoms with Crippen molar-refractivity contribution in [2.75, 3.05) is 0 Å². The maximum atomic E-state index is 11.6. The van der Waals surface area contributed by atoms with Crippen LogP contribution in [-0.2, 0) is 0 Å². The molecule has 9 heavy (non-hydrogen) atoms. The van der Waals surface area contributed by atoms with Gasteiger partial charge in [-0.2, -0.15) is 0 Å². The first kappa shape index (κ1) is 10.5. The topological polar surface area (TPSA) is 0 Å². The Morgan fingerprint density at radius 2 is 1.67 bits per heavy atom. The van der Waals surface area contributed by atoms with Gasteiger partial charge in [0.25, 0.3) is 0 Å². The number of rotatable bonds is 1. The molecular weight excluding hydrogens is 155 g/mol. The molecule has 1 aliphatic carbocycles. The van der Waals surface area contributed by atoms with Crippen molar-refractivity contribution in [3.05, 3.63) is 0 Å². The molecule has 1 fully saturated rings. The summed E-state index contributed by atoms with van der Waals surface area (Å²) in [6.07, 6.45) is 0.365. The van der Waals surface area contributed by atoms with Crippen LogP contribution in [0.4, 0.5) is 12.9 Å². The fourth-order valence-corrected chi connectivity index (χ4v) is 0.878. The van der Waals surface area contributed by atoms with E-state index in [0.29, 0.717) is 6.42 Å². The maximum Gasteiger partial charge on any atom is 1.00 e. The summed E-state index contributed by atoms with van der Waals surface area (Å²) in [4.78, 5) is 0. The Labute approximate surface area is 95.1 Å². The van der Waals surface area contributed by atoms with Gasteiger partial charge < -0.3 is 12.9 Å². The molecule has 0 heterocycles. The van der Waals surface area contributed by atoms with Gasteiger partial charge in [-0.1, -0.05) is 25.1 Å². The molecule has 2 atom stereocenters. The number of hydrogen-bond acceptors (Lipinski definition) is 0. The van der Waals surface area contributed by atoms with Gasteiger partial charge in [0.1, 0.15) is 0 Å². The van der Waals surface area contributed by atoms with Crippen molar-refractivity contribution < 1.29 is 64.3 Å². The molecule has 1 saturated carbocycles. The summed E-state index contributed by atoms with van der Waals surface area (Å²) in [5, 5.41) is 0. The molecule has 0 saturated heterocycles. The van der Waals surface area contributed by atoms with E-state index >= 15 is 0 Å². The van der Waals surface area contributed by atoms with Gasteiger partial charge in [0, 0.05) is 0 Å². The quantitative estimate of drug-likeness (QED) is 0.445. The van der Waals surface area contributed by atoms with Crippen molar-refractivity contribution >= 4 is 6.98 Å². The van der Waals surface area contributed by atoms with E-state index in [4.69, 9.17) is 0 Å². The van der Waals surface area contributed by atoms with Gasteiger partial charge in [-0.3, -0.25) is 0 Å². The predicted molar refractivity (Wildman–Crippen MR) is 26.6 cm³/mol. The predicted octanol–water partition coefficient (Wildman–Crippen LogP) is -0.752. The molecule has 1 rings (SSSR count). The second-order valence-corrected chi connectivity index (χ2v) is 2.50. The molecule has 0 N–H and O–H groups in total. The van der Waals surface area contributed by atoms with Gasteiger partial charge in [-0.15, -0.1) is 0 Å². The van der Waals surface area contributed by atoms with E-state index in [2.05, 4.69) is 0 Å². The average Bonchev–Trinajstić information content (AvgIpc) is 2.13. The number of halogens is 3. The van der Waals surface area contributed by atoms with Crippen LogP contribution < -0.4 is 51.4 Å². The SMILES string of the molecule is C[C@@H]1C[C@@H]1[B-](F)(F)F.[K+]. The molecule has 0 nitrogen and oxygen atoms in total. The Morgan fingerprint density at radius 3 is 1.67 bits per heavy atom. The van der Waals surface area contributed by atoms with Crippen molar-refractivity contribution in [3.8, 4) is 0 Å². The van der Waals surface area contributed by atoms with E-state index < -0.39 is 12.8 Å². The summed E-state index contributed by atoms with van der Waals surface area (Å²) >= 11 is 0. The zero-order valence-electron chi connectivity index (χ0n) is 5.57. The molecule has 0 amide bonds. The third kappa shape index (κ3) is 2.93. The maximum absolute atomic E-state index is 11.6. The average molecular weight is 162 g/mol. The van der Waals surface area contributed by atoms with Crippen LogP contribution in [0, 0.1) is 5.92 Å². The normalized spacial score (nSPS) is 33.3. The zero-order valence-corrected chi connectivity index (χ0v) is 8.70. The largest absolute Gasteiger partial charge is 1.00 e. The smallest absolute Gasteiger partial charge is 0.449 e. The van der Waals surface area contributed by atoms with Crippen molar-refractivity contribution in [1.82, 2.24) is 0 Å². The van der Waals surface area contributed by atoms with Crippen LogP contribution in [-0.4, -0.2) is 6.98 Å². The Morgan fingerprint density at radius 1 is 1.33 bits per heavy atom. The minimum absolute atomic E-state index is 0. The van der Waals surface area contributed by atoms with Gasteiger partial charge in [0.2, 0.25) is 0 Å². The Bertz CT molecular complexity index is 102. The first-order chi connectivity index (χ1) is 3.52. The van der Waals surface area contributed by atoms with Gasteiger partial charge in [-0.05, 0) is 0 Å². The molecule has 0 spiro atoms. The van der Waals surface area contributed by atoms with Crippen molar-refractivity contribution in [2.45, 2.75) is 19.2 Å². The van der Waals surface area contributed by atoms with E-state index in [9.17, 15) is 12.9 Å². The third-order valence-corrected chi connectivity index (χ3v) is 1.66. The van der Waals surface area contributed by atoms with Crippen LogP contribution >= 0.6 is 0 Å². The standard InChI is InChI=1S/C4H7BF3.K/c1-3-2-4(3)5(6,7)8;/h3-4H,2H2,1H3;/q-1;+1/t3-,4+;/m1./s1. The molecule has 0 radical (unpaired) electrons. The van der Waals surface area contributed by atoms with Crippen LogP contribution in [0.2, 0.25) is 5.82 Å². The first-order valence-corrected chi connectivity index (χ1v) is 2.72. The van der Waals surface area contributed by atoms with E-state index in [1.807, 2.05) is 0 Å². The Balaban J connectivity index is 0.000000640. The molecule has 0 aromatic carbocycles. The third-order valence-electron chi connectivity index (χ3n) is 1.66. The second kappa shape index (κ2) is 3.26. The molecule has 0 aliphatic heterocycles. The van der Waals surface area contributed by atoms with E-state index in [-0.39, 0.29) is 57.3 Å². The van der Waals surface area contributed by atoms with Crippen molar-refractivity contribution in [3.63, 3.8) is 0 Å². The molecule has 0 bridgehead atoms. The summed E-state index contributed by atoms with van der Waals surface area (Å²) in [5.41, 5.74) is 0. The van der Waals surface area contributed by atoms with Crippen LogP contribution in [0.15, 0.2) is 0 Å². The van der Waals surface area contributed by atoms with Crippen molar-refractivity contribution in [2.24, 2.45) is 5.92 Å². The van der Waals surface area contributed by atoms with Crippen molar-refractivity contribution in [1.29, 1.82) is 0 Å². The molecule has 48 valence electrons. The van der Waals surface area contributed by atoms with Crippen LogP contribution in [0.1, 0.15) is 13.3 Å². The minimum Gasteiger partial charge on any atom is -0.449 e. The Kier molecular flexibility index (Phi) is 3.80. The summed E-state index contributed by atoms with van der Waals surface area (Å²) in [5.74, 6) is -1.01. The minimum atomic E-state index is -4.49. The summed E-state index contributed by atoms with van der Waals surface area (Å²) < 4.78 is 34.7. The molecular formula is C4H7BF3K. The van der Waals surface area contributed by atoms with Crippen LogP contribution in [0.25, 0.3) is 0 Å². The molecule has 0 aromatic heterocycles. The van der Waals surface area contributed by atoms with E-state index in [0.717, 1.165) is 0 Å². The van der Waals surface area contributed by atoms with Gasteiger partial charge in [0.15, 0.2) is 0 Å². The van der Waals surface area contributed by atoms with Gasteiger partial charge in [-0.25, -0.2) is 0 Å². The number of hydrogen-bond donors (Lipinski definition) is 0. The summed E-state index contributed by atoms with van der Waals surface area (Å²) in [6.45, 7) is -2.85.